The Morgan fingerprint density at radius 2 is 1.88 bits per heavy atom. The van der Waals surface area contributed by atoms with Gasteiger partial charge in [-0.2, -0.15) is 0 Å². The second-order valence-electron chi connectivity index (χ2n) is 4.48. The van der Waals surface area contributed by atoms with Crippen molar-refractivity contribution in [3.8, 4) is 0 Å². The Balaban J connectivity index is 2.35. The van der Waals surface area contributed by atoms with Crippen molar-refractivity contribution in [3.63, 3.8) is 0 Å². The fourth-order valence-corrected chi connectivity index (χ4v) is 2.02. The van der Waals surface area contributed by atoms with E-state index in [2.05, 4.69) is 5.32 Å². The van der Waals surface area contributed by atoms with E-state index in [0.29, 0.717) is 0 Å². The number of likely N-dealkylation sites (N-methyl/N-ethyl adjacent to an activating group) is 1. The molecule has 5 nitrogen and oxygen atoms in total. The van der Waals surface area contributed by atoms with Gasteiger partial charge in [0.15, 0.2) is 0 Å². The molecule has 16 heavy (non-hydrogen) atoms. The van der Waals surface area contributed by atoms with E-state index in [-0.39, 0.29) is 30.4 Å². The Hall–Kier alpha value is -1.10. The molecule has 0 aromatic carbocycles. The highest BCUT2D eigenvalue weighted by Gasteiger charge is 2.24. The third kappa shape index (κ3) is 3.81. The highest BCUT2D eigenvalue weighted by molar-refractivity contribution is 5.83. The third-order valence-corrected chi connectivity index (χ3v) is 3.17. The molecule has 0 bridgehead atoms. The summed E-state index contributed by atoms with van der Waals surface area (Å²) < 4.78 is 0. The van der Waals surface area contributed by atoms with Gasteiger partial charge in [0.05, 0.1) is 6.54 Å². The van der Waals surface area contributed by atoms with E-state index >= 15 is 0 Å². The zero-order valence-corrected chi connectivity index (χ0v) is 10.0. The fraction of sp³-hybridized carbons (Fsp3) is 0.818. The number of carbonyl (C=O) groups is 2. The molecule has 1 aliphatic rings. The van der Waals surface area contributed by atoms with Gasteiger partial charge in [0.25, 0.3) is 0 Å². The maximum Gasteiger partial charge on any atom is 0.241 e. The lowest BCUT2D eigenvalue weighted by molar-refractivity contribution is -0.133. The number of hydrogen-bond donors (Lipinski definition) is 2. The van der Waals surface area contributed by atoms with Crippen LogP contribution in [0.3, 0.4) is 0 Å². The summed E-state index contributed by atoms with van der Waals surface area (Å²) in [5.41, 5.74) is 5.81. The summed E-state index contributed by atoms with van der Waals surface area (Å²) in [6.07, 6.45) is 3.87. The van der Waals surface area contributed by atoms with Crippen LogP contribution in [0.25, 0.3) is 0 Å². The van der Waals surface area contributed by atoms with E-state index in [4.69, 9.17) is 5.73 Å². The van der Waals surface area contributed by atoms with Crippen LogP contribution in [0.2, 0.25) is 0 Å². The Bertz CT molecular complexity index is 260. The first-order chi connectivity index (χ1) is 7.50. The third-order valence-electron chi connectivity index (χ3n) is 3.17. The maximum atomic E-state index is 11.7. The van der Waals surface area contributed by atoms with Crippen molar-refractivity contribution < 1.29 is 9.59 Å². The summed E-state index contributed by atoms with van der Waals surface area (Å²) in [5, 5.41) is 2.52. The summed E-state index contributed by atoms with van der Waals surface area (Å²) in [6, 6.07) is 0.566. The molecule has 0 heterocycles. The topological polar surface area (TPSA) is 75.4 Å². The first-order valence-electron chi connectivity index (χ1n) is 5.76. The van der Waals surface area contributed by atoms with Gasteiger partial charge in [-0.05, 0) is 25.7 Å². The van der Waals surface area contributed by atoms with Crippen molar-refractivity contribution >= 4 is 11.8 Å². The maximum absolute atomic E-state index is 11.7. The molecule has 0 aliphatic heterocycles. The number of nitrogens with two attached hydrogens (primary N) is 1. The van der Waals surface area contributed by atoms with Gasteiger partial charge in [-0.3, -0.25) is 9.59 Å². The molecular formula is C11H21N3O2. The van der Waals surface area contributed by atoms with Crippen LogP contribution in [0.1, 0.15) is 32.6 Å². The average molecular weight is 227 g/mol. The SMILES string of the molecule is CC(=O)NCC(=O)N(C)C1CCC(N)CC1. The lowest BCUT2D eigenvalue weighted by Gasteiger charge is -2.33. The molecule has 2 amide bonds. The zero-order chi connectivity index (χ0) is 12.1. The number of carbonyl (C=O) groups excluding carboxylic acids is 2. The first-order valence-corrected chi connectivity index (χ1v) is 5.76. The van der Waals surface area contributed by atoms with E-state index in [1.54, 1.807) is 11.9 Å². The second-order valence-corrected chi connectivity index (χ2v) is 4.48. The highest BCUT2D eigenvalue weighted by Crippen LogP contribution is 2.20. The normalized spacial score (nSPS) is 24.9. The first kappa shape index (κ1) is 13.0. The predicted octanol–water partition coefficient (Wildman–Crippen LogP) is -0.149. The van der Waals surface area contributed by atoms with Crippen LogP contribution >= 0.6 is 0 Å². The number of hydrogen-bond acceptors (Lipinski definition) is 3. The molecule has 1 saturated carbocycles. The van der Waals surface area contributed by atoms with Gasteiger partial charge in [-0.25, -0.2) is 0 Å². The smallest absolute Gasteiger partial charge is 0.241 e. The Kier molecular flexibility index (Phi) is 4.73. The zero-order valence-electron chi connectivity index (χ0n) is 10.0. The van der Waals surface area contributed by atoms with E-state index in [1.807, 2.05) is 0 Å². The average Bonchev–Trinajstić information content (AvgIpc) is 2.26. The van der Waals surface area contributed by atoms with E-state index in [1.165, 1.54) is 6.92 Å². The summed E-state index contributed by atoms with van der Waals surface area (Å²) >= 11 is 0. The Morgan fingerprint density at radius 3 is 2.38 bits per heavy atom. The van der Waals surface area contributed by atoms with Crippen LogP contribution in [-0.4, -0.2) is 42.4 Å². The molecular weight excluding hydrogens is 206 g/mol. The largest absolute Gasteiger partial charge is 0.347 e. The number of nitrogens with zero attached hydrogens (tertiary/aromatic N) is 1. The molecule has 1 fully saturated rings. The standard InChI is InChI=1S/C11H21N3O2/c1-8(15)13-7-11(16)14(2)10-5-3-9(12)4-6-10/h9-10H,3-7,12H2,1-2H3,(H,13,15). The Morgan fingerprint density at radius 1 is 1.31 bits per heavy atom. The molecule has 0 aromatic heterocycles. The summed E-state index contributed by atoms with van der Waals surface area (Å²) in [5.74, 6) is -0.205. The fourth-order valence-electron chi connectivity index (χ4n) is 2.02. The molecule has 0 unspecified atom stereocenters. The van der Waals surface area contributed by atoms with Crippen molar-refractivity contribution in [2.75, 3.05) is 13.6 Å². The van der Waals surface area contributed by atoms with Crippen molar-refractivity contribution in [3.05, 3.63) is 0 Å². The molecule has 0 spiro atoms. The van der Waals surface area contributed by atoms with Crippen LogP contribution in [0.5, 0.6) is 0 Å². The molecule has 0 radical (unpaired) electrons. The van der Waals surface area contributed by atoms with Gasteiger partial charge >= 0.3 is 0 Å². The minimum Gasteiger partial charge on any atom is -0.347 e. The number of amides is 2. The van der Waals surface area contributed by atoms with Crippen LogP contribution in [0.15, 0.2) is 0 Å². The molecule has 0 saturated heterocycles. The molecule has 92 valence electrons. The molecule has 5 heteroatoms. The minimum absolute atomic E-state index is 0.0318. The summed E-state index contributed by atoms with van der Waals surface area (Å²) in [7, 11) is 1.80. The second kappa shape index (κ2) is 5.84. The van der Waals surface area contributed by atoms with Gasteiger partial charge < -0.3 is 16.0 Å². The Labute approximate surface area is 96.4 Å². The molecule has 1 aliphatic carbocycles. The highest BCUT2D eigenvalue weighted by atomic mass is 16.2. The van der Waals surface area contributed by atoms with Crippen molar-refractivity contribution in [2.45, 2.75) is 44.7 Å². The number of nitrogens with one attached hydrogen (secondary N) is 1. The lowest BCUT2D eigenvalue weighted by Crippen LogP contribution is -2.45. The molecule has 0 atom stereocenters. The van der Waals surface area contributed by atoms with E-state index in [9.17, 15) is 9.59 Å². The van der Waals surface area contributed by atoms with Gasteiger partial charge in [0, 0.05) is 26.1 Å². The van der Waals surface area contributed by atoms with Gasteiger partial charge in [0.2, 0.25) is 11.8 Å². The van der Waals surface area contributed by atoms with Gasteiger partial charge in [0.1, 0.15) is 0 Å². The quantitative estimate of drug-likeness (QED) is 0.704. The molecule has 3 N–H and O–H groups in total. The van der Waals surface area contributed by atoms with Crippen LogP contribution < -0.4 is 11.1 Å². The van der Waals surface area contributed by atoms with Crippen molar-refractivity contribution in [1.29, 1.82) is 0 Å². The summed E-state index contributed by atoms with van der Waals surface area (Å²) in [4.78, 5) is 24.1. The van der Waals surface area contributed by atoms with Gasteiger partial charge in [-0.1, -0.05) is 0 Å². The van der Waals surface area contributed by atoms with E-state index < -0.39 is 0 Å². The monoisotopic (exact) mass is 227 g/mol. The minimum atomic E-state index is -0.174. The van der Waals surface area contributed by atoms with Crippen molar-refractivity contribution in [1.82, 2.24) is 10.2 Å². The predicted molar refractivity (Wildman–Crippen MR) is 61.7 cm³/mol. The summed E-state index contributed by atoms with van der Waals surface area (Å²) in [6.45, 7) is 1.50. The number of rotatable bonds is 3. The van der Waals surface area contributed by atoms with E-state index in [0.717, 1.165) is 25.7 Å². The molecule has 1 rings (SSSR count). The van der Waals surface area contributed by atoms with Crippen LogP contribution in [-0.2, 0) is 9.59 Å². The van der Waals surface area contributed by atoms with Crippen LogP contribution in [0, 0.1) is 0 Å². The van der Waals surface area contributed by atoms with Crippen molar-refractivity contribution in [2.24, 2.45) is 5.73 Å². The lowest BCUT2D eigenvalue weighted by atomic mass is 9.91. The van der Waals surface area contributed by atoms with Gasteiger partial charge in [-0.15, -0.1) is 0 Å². The molecule has 0 aromatic rings. The van der Waals surface area contributed by atoms with Crippen LogP contribution in [0.4, 0.5) is 0 Å².